The monoisotopic (exact) mass is 311 g/mol. The van der Waals surface area contributed by atoms with Crippen LogP contribution in [0.5, 0.6) is 17.2 Å². The maximum absolute atomic E-state index is 6.11. The van der Waals surface area contributed by atoms with Crippen molar-refractivity contribution in [1.82, 2.24) is 4.90 Å². The van der Waals surface area contributed by atoms with Crippen molar-refractivity contribution < 1.29 is 9.47 Å². The fourth-order valence-corrected chi connectivity index (χ4v) is 2.91. The van der Waals surface area contributed by atoms with Gasteiger partial charge in [-0.25, -0.2) is 0 Å². The predicted octanol–water partition coefficient (Wildman–Crippen LogP) is 4.73. The van der Waals surface area contributed by atoms with Gasteiger partial charge in [-0.2, -0.15) is 0 Å². The first-order chi connectivity index (χ1) is 11.2. The van der Waals surface area contributed by atoms with Crippen molar-refractivity contribution in [3.8, 4) is 17.2 Å². The first-order valence-corrected chi connectivity index (χ1v) is 8.44. The van der Waals surface area contributed by atoms with Gasteiger partial charge in [0.05, 0.1) is 0 Å². The molecular weight excluding hydrogens is 286 g/mol. The van der Waals surface area contributed by atoms with Gasteiger partial charge >= 0.3 is 0 Å². The second kappa shape index (κ2) is 7.51. The molecule has 0 aromatic heterocycles. The Labute approximate surface area is 138 Å². The zero-order valence-corrected chi connectivity index (χ0v) is 13.9. The Morgan fingerprint density at radius 1 is 0.826 bits per heavy atom. The molecule has 3 nitrogen and oxygen atoms in total. The quantitative estimate of drug-likeness (QED) is 0.797. The van der Waals surface area contributed by atoms with E-state index in [2.05, 4.69) is 18.7 Å². The van der Waals surface area contributed by atoms with Gasteiger partial charge in [-0.05, 0) is 63.1 Å². The van der Waals surface area contributed by atoms with Crippen molar-refractivity contribution in [2.75, 3.05) is 13.1 Å². The van der Waals surface area contributed by atoms with Crippen molar-refractivity contribution in [1.29, 1.82) is 0 Å². The molecule has 0 spiro atoms. The predicted molar refractivity (Wildman–Crippen MR) is 93.3 cm³/mol. The molecule has 0 aliphatic carbocycles. The Morgan fingerprint density at radius 2 is 1.39 bits per heavy atom. The number of para-hydroxylation sites is 1. The van der Waals surface area contributed by atoms with E-state index in [4.69, 9.17) is 9.47 Å². The molecule has 0 N–H and O–H groups in total. The average molecular weight is 311 g/mol. The smallest absolute Gasteiger partial charge is 0.127 e. The van der Waals surface area contributed by atoms with Gasteiger partial charge in [0.15, 0.2) is 0 Å². The SMILES string of the molecule is CC(C)N1CCC(Oc2ccc(Oc3ccccc3)cc2)CC1. The highest BCUT2D eigenvalue weighted by Gasteiger charge is 2.21. The number of piperidine rings is 1. The number of hydrogen-bond donors (Lipinski definition) is 0. The van der Waals surface area contributed by atoms with Crippen LogP contribution in [0.25, 0.3) is 0 Å². The van der Waals surface area contributed by atoms with Gasteiger partial charge in [0, 0.05) is 19.1 Å². The minimum absolute atomic E-state index is 0.325. The molecule has 1 heterocycles. The molecule has 1 aliphatic rings. The lowest BCUT2D eigenvalue weighted by Crippen LogP contribution is -2.41. The topological polar surface area (TPSA) is 21.7 Å². The summed E-state index contributed by atoms with van der Waals surface area (Å²) in [5.74, 6) is 2.61. The summed E-state index contributed by atoms with van der Waals surface area (Å²) in [6.45, 7) is 6.76. The summed E-state index contributed by atoms with van der Waals surface area (Å²) in [5, 5.41) is 0. The first kappa shape index (κ1) is 15.9. The molecule has 0 bridgehead atoms. The van der Waals surface area contributed by atoms with Gasteiger partial charge in [-0.15, -0.1) is 0 Å². The fraction of sp³-hybridized carbons (Fsp3) is 0.400. The third-order valence-corrected chi connectivity index (χ3v) is 4.31. The van der Waals surface area contributed by atoms with Gasteiger partial charge in [-0.1, -0.05) is 18.2 Å². The highest BCUT2D eigenvalue weighted by Crippen LogP contribution is 2.25. The number of rotatable bonds is 5. The molecular formula is C20H25NO2. The molecule has 3 heteroatoms. The lowest BCUT2D eigenvalue weighted by atomic mass is 10.1. The molecule has 122 valence electrons. The van der Waals surface area contributed by atoms with Crippen LogP contribution in [0.4, 0.5) is 0 Å². The molecule has 3 rings (SSSR count). The number of nitrogens with zero attached hydrogens (tertiary/aromatic N) is 1. The largest absolute Gasteiger partial charge is 0.490 e. The van der Waals surface area contributed by atoms with Gasteiger partial charge in [0.1, 0.15) is 23.4 Å². The van der Waals surface area contributed by atoms with E-state index in [1.807, 2.05) is 54.6 Å². The fourth-order valence-electron chi connectivity index (χ4n) is 2.91. The van der Waals surface area contributed by atoms with Crippen LogP contribution in [0.15, 0.2) is 54.6 Å². The van der Waals surface area contributed by atoms with Crippen LogP contribution in [0, 0.1) is 0 Å². The maximum Gasteiger partial charge on any atom is 0.127 e. The van der Waals surface area contributed by atoms with E-state index >= 15 is 0 Å². The van der Waals surface area contributed by atoms with Crippen LogP contribution >= 0.6 is 0 Å². The molecule has 0 unspecified atom stereocenters. The second-order valence-corrected chi connectivity index (χ2v) is 6.33. The third kappa shape index (κ3) is 4.49. The summed E-state index contributed by atoms with van der Waals surface area (Å²) in [7, 11) is 0. The molecule has 23 heavy (non-hydrogen) atoms. The lowest BCUT2D eigenvalue weighted by Gasteiger charge is -2.34. The van der Waals surface area contributed by atoms with Gasteiger partial charge < -0.3 is 14.4 Å². The Kier molecular flexibility index (Phi) is 5.19. The normalized spacial score (nSPS) is 16.5. The van der Waals surface area contributed by atoms with Crippen molar-refractivity contribution in [3.63, 3.8) is 0 Å². The second-order valence-electron chi connectivity index (χ2n) is 6.33. The maximum atomic E-state index is 6.11. The van der Waals surface area contributed by atoms with E-state index in [-0.39, 0.29) is 0 Å². The van der Waals surface area contributed by atoms with Gasteiger partial charge in [0.25, 0.3) is 0 Å². The Morgan fingerprint density at radius 3 is 2.00 bits per heavy atom. The van der Waals surface area contributed by atoms with E-state index in [1.165, 1.54) is 0 Å². The van der Waals surface area contributed by atoms with Crippen LogP contribution in [0.2, 0.25) is 0 Å². The van der Waals surface area contributed by atoms with Crippen LogP contribution in [-0.4, -0.2) is 30.1 Å². The number of ether oxygens (including phenoxy) is 2. The van der Waals surface area contributed by atoms with E-state index in [0.717, 1.165) is 43.2 Å². The molecule has 0 atom stereocenters. The van der Waals surface area contributed by atoms with Crippen molar-refractivity contribution >= 4 is 0 Å². The average Bonchev–Trinajstić information content (AvgIpc) is 2.58. The number of likely N-dealkylation sites (tertiary alicyclic amines) is 1. The van der Waals surface area contributed by atoms with Crippen LogP contribution < -0.4 is 9.47 Å². The molecule has 1 saturated heterocycles. The van der Waals surface area contributed by atoms with E-state index < -0.39 is 0 Å². The zero-order valence-electron chi connectivity index (χ0n) is 13.9. The van der Waals surface area contributed by atoms with E-state index in [9.17, 15) is 0 Å². The minimum Gasteiger partial charge on any atom is -0.490 e. The van der Waals surface area contributed by atoms with E-state index in [0.29, 0.717) is 12.1 Å². The summed E-state index contributed by atoms with van der Waals surface area (Å²) in [5.41, 5.74) is 0. The van der Waals surface area contributed by atoms with Crippen molar-refractivity contribution in [2.24, 2.45) is 0 Å². The summed E-state index contributed by atoms with van der Waals surface area (Å²) in [4.78, 5) is 2.51. The minimum atomic E-state index is 0.325. The Hall–Kier alpha value is -2.00. The highest BCUT2D eigenvalue weighted by molar-refractivity contribution is 5.35. The molecule has 0 amide bonds. The first-order valence-electron chi connectivity index (χ1n) is 8.44. The molecule has 0 saturated carbocycles. The van der Waals surface area contributed by atoms with Crippen molar-refractivity contribution in [3.05, 3.63) is 54.6 Å². The van der Waals surface area contributed by atoms with Gasteiger partial charge in [0.2, 0.25) is 0 Å². The highest BCUT2D eigenvalue weighted by atomic mass is 16.5. The Bertz CT molecular complexity index is 587. The van der Waals surface area contributed by atoms with Crippen LogP contribution in [0.1, 0.15) is 26.7 Å². The van der Waals surface area contributed by atoms with E-state index in [1.54, 1.807) is 0 Å². The summed E-state index contributed by atoms with van der Waals surface area (Å²) in [6.07, 6.45) is 2.52. The van der Waals surface area contributed by atoms with Crippen molar-refractivity contribution in [2.45, 2.75) is 38.8 Å². The summed E-state index contributed by atoms with van der Waals surface area (Å²) in [6, 6.07) is 18.4. The van der Waals surface area contributed by atoms with Gasteiger partial charge in [-0.3, -0.25) is 0 Å². The molecule has 2 aromatic carbocycles. The van der Waals surface area contributed by atoms with Crippen LogP contribution in [-0.2, 0) is 0 Å². The lowest BCUT2D eigenvalue weighted by molar-refractivity contribution is 0.0843. The third-order valence-electron chi connectivity index (χ3n) is 4.31. The standard InChI is InChI=1S/C20H25NO2/c1-16(2)21-14-12-20(13-15-21)23-19-10-8-18(9-11-19)22-17-6-4-3-5-7-17/h3-11,16,20H,12-15H2,1-2H3. The summed E-state index contributed by atoms with van der Waals surface area (Å²) < 4.78 is 11.9. The van der Waals surface area contributed by atoms with Crippen LogP contribution in [0.3, 0.4) is 0 Å². The summed E-state index contributed by atoms with van der Waals surface area (Å²) >= 11 is 0. The zero-order chi connectivity index (χ0) is 16.1. The molecule has 2 aromatic rings. The number of benzene rings is 2. The molecule has 1 fully saturated rings. The molecule has 1 aliphatic heterocycles. The Balaban J connectivity index is 1.52. The number of hydrogen-bond acceptors (Lipinski definition) is 3. The molecule has 0 radical (unpaired) electrons.